The second-order valence-corrected chi connectivity index (χ2v) is 6.96. The molecule has 1 N–H and O–H groups in total. The molecule has 4 nitrogen and oxygen atoms in total. The molecule has 1 heterocycles. The first-order valence-electron chi connectivity index (χ1n) is 5.48. The molecule has 0 aliphatic carbocycles. The molecule has 0 spiro atoms. The van der Waals surface area contributed by atoms with Crippen LogP contribution in [0.3, 0.4) is 0 Å². The van der Waals surface area contributed by atoms with Crippen LogP contribution in [0.4, 0.5) is 5.69 Å². The van der Waals surface area contributed by atoms with Crippen molar-refractivity contribution in [1.82, 2.24) is 5.32 Å². The monoisotopic (exact) mass is 318 g/mol. The first-order chi connectivity index (χ1) is 8.00. The van der Waals surface area contributed by atoms with Crippen molar-refractivity contribution in [1.29, 1.82) is 0 Å². The fourth-order valence-electron chi connectivity index (χ4n) is 1.84. The molecule has 0 radical (unpaired) electrons. The summed E-state index contributed by atoms with van der Waals surface area (Å²) in [7, 11) is -3.21. The van der Waals surface area contributed by atoms with Crippen LogP contribution in [0.5, 0.6) is 0 Å². The van der Waals surface area contributed by atoms with Gasteiger partial charge in [0.25, 0.3) is 0 Å². The second-order valence-electron chi connectivity index (χ2n) is 4.09. The molecule has 0 saturated carbocycles. The van der Waals surface area contributed by atoms with Crippen molar-refractivity contribution in [2.45, 2.75) is 6.92 Å². The Hall–Kier alpha value is -0.590. The van der Waals surface area contributed by atoms with E-state index in [1.165, 1.54) is 4.31 Å². The van der Waals surface area contributed by atoms with Crippen LogP contribution >= 0.6 is 15.9 Å². The predicted molar refractivity (Wildman–Crippen MR) is 72.9 cm³/mol. The van der Waals surface area contributed by atoms with Gasteiger partial charge >= 0.3 is 0 Å². The van der Waals surface area contributed by atoms with Crippen LogP contribution in [0.1, 0.15) is 5.56 Å². The molecule has 1 saturated heterocycles. The van der Waals surface area contributed by atoms with Gasteiger partial charge in [-0.2, -0.15) is 0 Å². The maximum atomic E-state index is 12.1. The van der Waals surface area contributed by atoms with Crippen molar-refractivity contribution in [3.8, 4) is 0 Å². The molecule has 1 fully saturated rings. The molecule has 94 valence electrons. The van der Waals surface area contributed by atoms with E-state index in [1.54, 1.807) is 0 Å². The number of anilines is 1. The van der Waals surface area contributed by atoms with Crippen molar-refractivity contribution < 1.29 is 8.42 Å². The molecule has 1 aliphatic heterocycles. The fourth-order valence-corrected chi connectivity index (χ4v) is 4.12. The van der Waals surface area contributed by atoms with Crippen molar-refractivity contribution in [3.05, 3.63) is 28.2 Å². The Bertz CT molecular complexity index is 516. The maximum absolute atomic E-state index is 12.1. The van der Waals surface area contributed by atoms with Gasteiger partial charge in [0, 0.05) is 24.1 Å². The molecule has 1 aliphatic rings. The van der Waals surface area contributed by atoms with Gasteiger partial charge in [-0.25, -0.2) is 8.42 Å². The SMILES string of the molecule is Cc1ccc(N2CCNCCS2(=O)=O)c(Br)c1. The fraction of sp³-hybridized carbons (Fsp3) is 0.455. The van der Waals surface area contributed by atoms with Crippen LogP contribution in [-0.4, -0.2) is 33.8 Å². The van der Waals surface area contributed by atoms with E-state index in [4.69, 9.17) is 0 Å². The number of halogens is 1. The molecular formula is C11H15BrN2O2S. The third-order valence-corrected chi connectivity index (χ3v) is 5.14. The average Bonchev–Trinajstić information content (AvgIpc) is 2.40. The lowest BCUT2D eigenvalue weighted by molar-refractivity contribution is 0.594. The topological polar surface area (TPSA) is 49.4 Å². The van der Waals surface area contributed by atoms with Crippen LogP contribution in [0.15, 0.2) is 22.7 Å². The minimum Gasteiger partial charge on any atom is -0.314 e. The van der Waals surface area contributed by atoms with Crippen molar-refractivity contribution in [3.63, 3.8) is 0 Å². The van der Waals surface area contributed by atoms with Gasteiger partial charge in [-0.05, 0) is 40.5 Å². The van der Waals surface area contributed by atoms with Crippen LogP contribution in [-0.2, 0) is 10.0 Å². The summed E-state index contributed by atoms with van der Waals surface area (Å²) in [5.74, 6) is 0.146. The molecule has 1 aromatic rings. The van der Waals surface area contributed by atoms with E-state index in [1.807, 2.05) is 25.1 Å². The predicted octanol–water partition coefficient (Wildman–Crippen LogP) is 1.50. The average molecular weight is 319 g/mol. The van der Waals surface area contributed by atoms with E-state index in [-0.39, 0.29) is 5.75 Å². The molecule has 0 amide bonds. The summed E-state index contributed by atoms with van der Waals surface area (Å²) in [4.78, 5) is 0. The van der Waals surface area contributed by atoms with E-state index in [0.717, 1.165) is 15.7 Å². The van der Waals surface area contributed by atoms with Crippen LogP contribution in [0.2, 0.25) is 0 Å². The summed E-state index contributed by atoms with van der Waals surface area (Å²) >= 11 is 3.43. The van der Waals surface area contributed by atoms with Gasteiger partial charge in [0.2, 0.25) is 10.0 Å². The molecular weight excluding hydrogens is 304 g/mol. The molecule has 0 aromatic heterocycles. The van der Waals surface area contributed by atoms with Crippen molar-refractivity contribution in [2.75, 3.05) is 29.7 Å². The first-order valence-corrected chi connectivity index (χ1v) is 7.88. The standard InChI is InChI=1S/C11H15BrN2O2S/c1-9-2-3-11(10(12)8-9)14-6-4-13-5-7-17(14,15)16/h2-3,8,13H,4-7H2,1H3. The van der Waals surface area contributed by atoms with Gasteiger partial charge < -0.3 is 5.32 Å². The van der Waals surface area contributed by atoms with Gasteiger partial charge in [0.15, 0.2) is 0 Å². The van der Waals surface area contributed by atoms with Crippen LogP contribution < -0.4 is 9.62 Å². The molecule has 2 rings (SSSR count). The number of rotatable bonds is 1. The first kappa shape index (κ1) is 12.9. The highest BCUT2D eigenvalue weighted by Gasteiger charge is 2.25. The number of nitrogens with zero attached hydrogens (tertiary/aromatic N) is 1. The molecule has 17 heavy (non-hydrogen) atoms. The summed E-state index contributed by atoms with van der Waals surface area (Å²) < 4.78 is 26.5. The second kappa shape index (κ2) is 4.96. The van der Waals surface area contributed by atoms with E-state index in [2.05, 4.69) is 21.2 Å². The largest absolute Gasteiger partial charge is 0.314 e. The summed E-state index contributed by atoms with van der Waals surface area (Å²) in [6.07, 6.45) is 0. The van der Waals surface area contributed by atoms with E-state index >= 15 is 0 Å². The summed E-state index contributed by atoms with van der Waals surface area (Å²) in [6.45, 7) is 3.65. The number of aryl methyl sites for hydroxylation is 1. The Morgan fingerprint density at radius 3 is 2.82 bits per heavy atom. The molecule has 0 atom stereocenters. The lowest BCUT2D eigenvalue weighted by atomic mass is 10.2. The smallest absolute Gasteiger partial charge is 0.236 e. The number of benzene rings is 1. The van der Waals surface area contributed by atoms with Crippen LogP contribution in [0, 0.1) is 6.92 Å². The quantitative estimate of drug-likeness (QED) is 0.853. The maximum Gasteiger partial charge on any atom is 0.236 e. The number of nitrogens with one attached hydrogen (secondary N) is 1. The minimum absolute atomic E-state index is 0.146. The van der Waals surface area contributed by atoms with E-state index in [9.17, 15) is 8.42 Å². The normalized spacial score (nSPS) is 20.0. The Morgan fingerprint density at radius 2 is 2.12 bits per heavy atom. The zero-order valence-corrected chi connectivity index (χ0v) is 12.0. The Balaban J connectivity index is 2.43. The van der Waals surface area contributed by atoms with E-state index in [0.29, 0.717) is 19.6 Å². The Morgan fingerprint density at radius 1 is 1.35 bits per heavy atom. The summed E-state index contributed by atoms with van der Waals surface area (Å²) in [5.41, 5.74) is 1.82. The lowest BCUT2D eigenvalue weighted by Crippen LogP contribution is -2.33. The van der Waals surface area contributed by atoms with Gasteiger partial charge in [-0.15, -0.1) is 0 Å². The van der Waals surface area contributed by atoms with Gasteiger partial charge in [-0.1, -0.05) is 6.07 Å². The van der Waals surface area contributed by atoms with Gasteiger partial charge in [-0.3, -0.25) is 4.31 Å². The number of sulfonamides is 1. The third kappa shape index (κ3) is 2.81. The van der Waals surface area contributed by atoms with Crippen molar-refractivity contribution >= 4 is 31.6 Å². The number of hydrogen-bond acceptors (Lipinski definition) is 3. The zero-order valence-electron chi connectivity index (χ0n) is 9.61. The molecule has 0 unspecified atom stereocenters. The van der Waals surface area contributed by atoms with Gasteiger partial charge in [0.1, 0.15) is 0 Å². The van der Waals surface area contributed by atoms with Crippen molar-refractivity contribution in [2.24, 2.45) is 0 Å². The Labute approximate surface area is 110 Å². The lowest BCUT2D eigenvalue weighted by Gasteiger charge is -2.23. The summed E-state index contributed by atoms with van der Waals surface area (Å²) in [6, 6.07) is 5.71. The summed E-state index contributed by atoms with van der Waals surface area (Å²) in [5, 5.41) is 3.10. The molecule has 1 aromatic carbocycles. The highest BCUT2D eigenvalue weighted by molar-refractivity contribution is 9.10. The van der Waals surface area contributed by atoms with E-state index < -0.39 is 10.0 Å². The molecule has 6 heteroatoms. The Kier molecular flexibility index (Phi) is 3.75. The third-order valence-electron chi connectivity index (χ3n) is 2.74. The van der Waals surface area contributed by atoms with Crippen LogP contribution in [0.25, 0.3) is 0 Å². The minimum atomic E-state index is -3.21. The molecule has 0 bridgehead atoms. The highest BCUT2D eigenvalue weighted by atomic mass is 79.9. The number of hydrogen-bond donors (Lipinski definition) is 1. The zero-order chi connectivity index (χ0) is 12.5. The highest BCUT2D eigenvalue weighted by Crippen LogP contribution is 2.29. The van der Waals surface area contributed by atoms with Gasteiger partial charge in [0.05, 0.1) is 11.4 Å².